The van der Waals surface area contributed by atoms with E-state index in [-0.39, 0.29) is 24.1 Å². The van der Waals surface area contributed by atoms with Crippen LogP contribution in [-0.2, 0) is 4.79 Å². The fourth-order valence-electron chi connectivity index (χ4n) is 1.81. The Hall–Kier alpha value is -2.66. The van der Waals surface area contributed by atoms with E-state index < -0.39 is 0 Å². The van der Waals surface area contributed by atoms with Crippen molar-refractivity contribution in [1.82, 2.24) is 5.43 Å². The lowest BCUT2D eigenvalue weighted by molar-refractivity contribution is -0.115. The number of benzene rings is 2. The number of hydrazone groups is 1. The van der Waals surface area contributed by atoms with Crippen LogP contribution in [0.2, 0.25) is 0 Å². The number of halogens is 1. The third kappa shape index (κ3) is 5.56. The molecule has 2 aromatic rings. The highest BCUT2D eigenvalue weighted by Gasteiger charge is 2.09. The highest BCUT2D eigenvalue weighted by molar-refractivity contribution is 6.30. The summed E-state index contributed by atoms with van der Waals surface area (Å²) in [6.07, 6.45) is 0.00740. The van der Waals surface area contributed by atoms with Gasteiger partial charge in [0.1, 0.15) is 0 Å². The number of nitrogens with zero attached hydrogens (tertiary/aromatic N) is 1. The molecule has 23 heavy (non-hydrogen) atoms. The van der Waals surface area contributed by atoms with Crippen LogP contribution in [0.3, 0.4) is 0 Å². The van der Waals surface area contributed by atoms with Gasteiger partial charge in [0.25, 0.3) is 5.91 Å². The van der Waals surface area contributed by atoms with Crippen molar-refractivity contribution in [3.05, 3.63) is 66.2 Å². The monoisotopic (exact) mass is 329 g/mol. The van der Waals surface area contributed by atoms with Crippen LogP contribution in [0, 0.1) is 0 Å². The Balaban J connectivity index is 1.91. The lowest BCUT2D eigenvalue weighted by Crippen LogP contribution is -2.23. The third-order valence-electron chi connectivity index (χ3n) is 2.93. The van der Waals surface area contributed by atoms with Crippen LogP contribution in [0.5, 0.6) is 0 Å². The highest BCUT2D eigenvalue weighted by atomic mass is 35.5. The van der Waals surface area contributed by atoms with E-state index in [1.165, 1.54) is 0 Å². The number of carbonyl (C=O) groups is 2. The first-order valence-electron chi connectivity index (χ1n) is 7.00. The zero-order valence-electron chi connectivity index (χ0n) is 12.3. The fraction of sp³-hybridized carbons (Fsp3) is 0.118. The predicted octanol–water partition coefficient (Wildman–Crippen LogP) is 3.04. The number of carbonyl (C=O) groups excluding carboxylic acids is 2. The average molecular weight is 330 g/mol. The Morgan fingerprint density at radius 2 is 1.57 bits per heavy atom. The molecule has 5 nitrogen and oxygen atoms in total. The van der Waals surface area contributed by atoms with Crippen LogP contribution in [0.25, 0.3) is 0 Å². The van der Waals surface area contributed by atoms with Gasteiger partial charge in [0.2, 0.25) is 5.91 Å². The van der Waals surface area contributed by atoms with Gasteiger partial charge in [-0.05, 0) is 24.3 Å². The molecule has 0 aliphatic carbocycles. The highest BCUT2D eigenvalue weighted by Crippen LogP contribution is 2.06. The lowest BCUT2D eigenvalue weighted by Gasteiger charge is -2.06. The topological polar surface area (TPSA) is 70.6 Å². The SMILES string of the molecule is O=C(CC(CCl)=NNC(=O)c1ccccc1)Nc1ccccc1. The minimum atomic E-state index is -0.350. The van der Waals surface area contributed by atoms with E-state index in [1.54, 1.807) is 36.4 Å². The number of amides is 2. The number of alkyl halides is 1. The first-order chi connectivity index (χ1) is 11.2. The largest absolute Gasteiger partial charge is 0.326 e. The molecule has 2 aromatic carbocycles. The van der Waals surface area contributed by atoms with Crippen LogP contribution < -0.4 is 10.7 Å². The van der Waals surface area contributed by atoms with Crippen molar-refractivity contribution in [2.45, 2.75) is 6.42 Å². The van der Waals surface area contributed by atoms with Gasteiger partial charge in [-0.15, -0.1) is 11.6 Å². The summed E-state index contributed by atoms with van der Waals surface area (Å²) in [5.74, 6) is -0.543. The molecule has 0 saturated heterocycles. The zero-order valence-corrected chi connectivity index (χ0v) is 13.1. The van der Waals surface area contributed by atoms with E-state index in [0.29, 0.717) is 17.0 Å². The molecule has 2 N–H and O–H groups in total. The molecular weight excluding hydrogens is 314 g/mol. The van der Waals surface area contributed by atoms with Crippen LogP contribution in [-0.4, -0.2) is 23.4 Å². The van der Waals surface area contributed by atoms with E-state index in [2.05, 4.69) is 15.8 Å². The van der Waals surface area contributed by atoms with Crippen molar-refractivity contribution in [3.8, 4) is 0 Å². The minimum Gasteiger partial charge on any atom is -0.326 e. The van der Waals surface area contributed by atoms with Crippen LogP contribution in [0.15, 0.2) is 65.8 Å². The molecule has 0 unspecified atom stereocenters. The molecule has 0 aromatic heterocycles. The Kier molecular flexibility index (Phi) is 6.32. The Bertz CT molecular complexity index is 687. The van der Waals surface area contributed by atoms with Gasteiger partial charge in [0, 0.05) is 11.3 Å². The predicted molar refractivity (Wildman–Crippen MR) is 91.8 cm³/mol. The van der Waals surface area contributed by atoms with Gasteiger partial charge in [0.15, 0.2) is 0 Å². The minimum absolute atomic E-state index is 0.00740. The molecule has 0 fully saturated rings. The summed E-state index contributed by atoms with van der Waals surface area (Å²) < 4.78 is 0. The summed E-state index contributed by atoms with van der Waals surface area (Å²) in [4.78, 5) is 23.8. The molecule has 0 aliphatic rings. The molecule has 0 atom stereocenters. The Morgan fingerprint density at radius 1 is 0.957 bits per heavy atom. The molecule has 0 aliphatic heterocycles. The summed E-state index contributed by atoms with van der Waals surface area (Å²) in [5, 5.41) is 6.66. The van der Waals surface area contributed by atoms with Crippen molar-refractivity contribution in [2.75, 3.05) is 11.2 Å². The number of hydrogen-bond donors (Lipinski definition) is 2. The average Bonchev–Trinajstić information content (AvgIpc) is 2.60. The van der Waals surface area contributed by atoms with Gasteiger partial charge < -0.3 is 5.32 Å². The van der Waals surface area contributed by atoms with Gasteiger partial charge in [0.05, 0.1) is 18.0 Å². The standard InChI is InChI=1S/C17H16ClN3O2/c18-12-15(11-16(22)19-14-9-5-2-6-10-14)20-21-17(23)13-7-3-1-4-8-13/h1-10H,11-12H2,(H,19,22)(H,21,23). The molecule has 0 saturated carbocycles. The van der Waals surface area contributed by atoms with E-state index in [1.807, 2.05) is 24.3 Å². The van der Waals surface area contributed by atoms with E-state index in [4.69, 9.17) is 11.6 Å². The second kappa shape index (κ2) is 8.70. The first kappa shape index (κ1) is 16.7. The first-order valence-corrected chi connectivity index (χ1v) is 7.54. The van der Waals surface area contributed by atoms with E-state index in [9.17, 15) is 9.59 Å². The summed E-state index contributed by atoms with van der Waals surface area (Å²) in [5.41, 5.74) is 3.96. The molecule has 6 heteroatoms. The maximum absolute atomic E-state index is 11.9. The van der Waals surface area contributed by atoms with Crippen LogP contribution in [0.1, 0.15) is 16.8 Å². The zero-order chi connectivity index (χ0) is 16.5. The second-order valence-corrected chi connectivity index (χ2v) is 4.98. The summed E-state index contributed by atoms with van der Waals surface area (Å²) in [6, 6.07) is 17.8. The van der Waals surface area contributed by atoms with Gasteiger partial charge in [-0.2, -0.15) is 5.10 Å². The number of nitrogens with one attached hydrogen (secondary N) is 2. The van der Waals surface area contributed by atoms with Gasteiger partial charge in [-0.25, -0.2) is 5.43 Å². The van der Waals surface area contributed by atoms with Crippen molar-refractivity contribution in [3.63, 3.8) is 0 Å². The molecule has 118 valence electrons. The van der Waals surface area contributed by atoms with E-state index >= 15 is 0 Å². The van der Waals surface area contributed by atoms with Crippen molar-refractivity contribution < 1.29 is 9.59 Å². The molecule has 0 spiro atoms. The van der Waals surface area contributed by atoms with Crippen molar-refractivity contribution >= 4 is 34.8 Å². The second-order valence-electron chi connectivity index (χ2n) is 4.71. The Labute approximate surface area is 139 Å². The molecular formula is C17H16ClN3O2. The molecule has 0 heterocycles. The van der Waals surface area contributed by atoms with E-state index in [0.717, 1.165) is 0 Å². The molecule has 2 rings (SSSR count). The van der Waals surface area contributed by atoms with Gasteiger partial charge in [-0.1, -0.05) is 36.4 Å². The lowest BCUT2D eigenvalue weighted by atomic mass is 10.2. The molecule has 2 amide bonds. The smallest absolute Gasteiger partial charge is 0.271 e. The van der Waals surface area contributed by atoms with Crippen LogP contribution in [0.4, 0.5) is 5.69 Å². The number of hydrogen-bond acceptors (Lipinski definition) is 3. The Morgan fingerprint density at radius 3 is 2.17 bits per heavy atom. The number of rotatable bonds is 6. The summed E-state index contributed by atoms with van der Waals surface area (Å²) in [6.45, 7) is 0. The van der Waals surface area contributed by atoms with Crippen molar-refractivity contribution in [2.24, 2.45) is 5.10 Å². The molecule has 0 bridgehead atoms. The summed E-state index contributed by atoms with van der Waals surface area (Å²) in [7, 11) is 0. The maximum Gasteiger partial charge on any atom is 0.271 e. The summed E-state index contributed by atoms with van der Waals surface area (Å²) >= 11 is 5.78. The van der Waals surface area contributed by atoms with Crippen molar-refractivity contribution in [1.29, 1.82) is 0 Å². The third-order valence-corrected chi connectivity index (χ3v) is 3.24. The molecule has 0 radical (unpaired) electrons. The van der Waals surface area contributed by atoms with Crippen LogP contribution >= 0.6 is 11.6 Å². The maximum atomic E-state index is 11.9. The number of para-hydroxylation sites is 1. The van der Waals surface area contributed by atoms with Gasteiger partial charge in [-0.3, -0.25) is 9.59 Å². The normalized spacial score (nSPS) is 10.9. The van der Waals surface area contributed by atoms with Gasteiger partial charge >= 0.3 is 0 Å². The number of anilines is 1. The quantitative estimate of drug-likeness (QED) is 0.486. The fourth-order valence-corrected chi connectivity index (χ4v) is 1.97.